The lowest BCUT2D eigenvalue weighted by Gasteiger charge is -2.41. The summed E-state index contributed by atoms with van der Waals surface area (Å²) in [6.45, 7) is 12.4. The van der Waals surface area contributed by atoms with Crippen molar-refractivity contribution in [3.05, 3.63) is 0 Å². The number of hydrogen-bond donors (Lipinski definition) is 1. The zero-order chi connectivity index (χ0) is 15.7. The molecule has 0 spiro atoms. The molecule has 0 saturated heterocycles. The van der Waals surface area contributed by atoms with Crippen LogP contribution in [0.3, 0.4) is 0 Å². The summed E-state index contributed by atoms with van der Waals surface area (Å²) < 4.78 is 5.38. The Bertz CT molecular complexity index is 256. The summed E-state index contributed by atoms with van der Waals surface area (Å²) in [6.07, 6.45) is 7.81. The van der Waals surface area contributed by atoms with Crippen LogP contribution < -0.4 is 5.32 Å². The van der Waals surface area contributed by atoms with Crippen LogP contribution in [-0.2, 0) is 4.74 Å². The maximum absolute atomic E-state index is 5.38. The van der Waals surface area contributed by atoms with Crippen molar-refractivity contribution in [2.45, 2.75) is 84.3 Å². The first-order chi connectivity index (χ1) is 10.2. The van der Waals surface area contributed by atoms with Gasteiger partial charge in [-0.2, -0.15) is 0 Å². The van der Waals surface area contributed by atoms with Crippen molar-refractivity contribution < 1.29 is 4.74 Å². The van der Waals surface area contributed by atoms with Crippen molar-refractivity contribution in [3.63, 3.8) is 0 Å². The van der Waals surface area contributed by atoms with Crippen LogP contribution in [0.25, 0.3) is 0 Å². The summed E-state index contributed by atoms with van der Waals surface area (Å²) >= 11 is 0. The highest BCUT2D eigenvalue weighted by Crippen LogP contribution is 2.36. The summed E-state index contributed by atoms with van der Waals surface area (Å²) in [6, 6.07) is 1.97. The van der Waals surface area contributed by atoms with Crippen molar-refractivity contribution in [3.8, 4) is 0 Å². The molecule has 0 aromatic carbocycles. The highest BCUT2D eigenvalue weighted by molar-refractivity contribution is 4.92. The highest BCUT2D eigenvalue weighted by Gasteiger charge is 2.36. The molecule has 3 unspecified atom stereocenters. The van der Waals surface area contributed by atoms with Gasteiger partial charge in [-0.1, -0.05) is 27.2 Å². The first kappa shape index (κ1) is 18.9. The van der Waals surface area contributed by atoms with E-state index in [9.17, 15) is 0 Å². The van der Waals surface area contributed by atoms with Crippen LogP contribution in [0.4, 0.5) is 0 Å². The first-order valence-corrected chi connectivity index (χ1v) is 9.17. The molecule has 1 rings (SSSR count). The third-order valence-corrected chi connectivity index (χ3v) is 4.95. The third kappa shape index (κ3) is 6.25. The van der Waals surface area contributed by atoms with Gasteiger partial charge in [0.05, 0.1) is 6.61 Å². The smallest absolute Gasteiger partial charge is 0.0589 e. The summed E-state index contributed by atoms with van der Waals surface area (Å²) in [4.78, 5) is 2.74. The summed E-state index contributed by atoms with van der Waals surface area (Å²) in [5, 5.41) is 3.81. The van der Waals surface area contributed by atoms with Crippen molar-refractivity contribution in [1.82, 2.24) is 10.2 Å². The van der Waals surface area contributed by atoms with Gasteiger partial charge < -0.3 is 10.1 Å². The number of ether oxygens (including phenoxy) is 1. The number of methoxy groups -OCH3 is 1. The van der Waals surface area contributed by atoms with Gasteiger partial charge in [0.1, 0.15) is 0 Å². The monoisotopic (exact) mass is 298 g/mol. The highest BCUT2D eigenvalue weighted by atomic mass is 16.5. The molecule has 0 bridgehead atoms. The molecular weight excluding hydrogens is 260 g/mol. The van der Waals surface area contributed by atoms with Crippen molar-refractivity contribution in [2.24, 2.45) is 5.92 Å². The molecule has 0 aromatic heterocycles. The summed E-state index contributed by atoms with van der Waals surface area (Å²) in [5.41, 5.74) is 0. The molecule has 1 saturated carbocycles. The maximum Gasteiger partial charge on any atom is 0.0589 e. The summed E-state index contributed by atoms with van der Waals surface area (Å²) in [7, 11) is 1.82. The minimum Gasteiger partial charge on any atom is -0.383 e. The fourth-order valence-electron chi connectivity index (χ4n) is 3.54. The van der Waals surface area contributed by atoms with E-state index in [4.69, 9.17) is 4.74 Å². The Hall–Kier alpha value is -0.120. The van der Waals surface area contributed by atoms with Gasteiger partial charge in [0.25, 0.3) is 0 Å². The second-order valence-electron chi connectivity index (χ2n) is 6.63. The van der Waals surface area contributed by atoms with Crippen LogP contribution in [-0.4, -0.2) is 49.8 Å². The standard InChI is InChI=1S/C18H38N2O/c1-6-9-17(19-12-7-2)18(8-3)20(13-14-21-5)15(4)16-10-11-16/h15-19H,6-14H2,1-5H3. The Morgan fingerprint density at radius 2 is 1.90 bits per heavy atom. The predicted molar refractivity (Wildman–Crippen MR) is 91.8 cm³/mol. The molecule has 3 atom stereocenters. The molecule has 0 radical (unpaired) electrons. The Balaban J connectivity index is 2.74. The SMILES string of the molecule is CCCNC(CCC)C(CC)N(CCOC)C(C)C1CC1. The Morgan fingerprint density at radius 3 is 2.38 bits per heavy atom. The van der Waals surface area contributed by atoms with Crippen LogP contribution in [0.5, 0.6) is 0 Å². The van der Waals surface area contributed by atoms with E-state index in [0.29, 0.717) is 18.1 Å². The van der Waals surface area contributed by atoms with E-state index in [1.165, 1.54) is 38.5 Å². The van der Waals surface area contributed by atoms with Gasteiger partial charge in [0, 0.05) is 31.8 Å². The largest absolute Gasteiger partial charge is 0.383 e. The molecule has 21 heavy (non-hydrogen) atoms. The van der Waals surface area contributed by atoms with E-state index < -0.39 is 0 Å². The molecule has 3 nitrogen and oxygen atoms in total. The van der Waals surface area contributed by atoms with Crippen molar-refractivity contribution in [1.29, 1.82) is 0 Å². The van der Waals surface area contributed by atoms with Gasteiger partial charge in [-0.15, -0.1) is 0 Å². The quantitative estimate of drug-likeness (QED) is 0.561. The fourth-order valence-corrected chi connectivity index (χ4v) is 3.54. The minimum atomic E-state index is 0.623. The van der Waals surface area contributed by atoms with E-state index in [1.807, 2.05) is 7.11 Å². The normalized spacial score (nSPS) is 19.7. The van der Waals surface area contributed by atoms with Crippen molar-refractivity contribution in [2.75, 3.05) is 26.8 Å². The number of nitrogens with one attached hydrogen (secondary N) is 1. The van der Waals surface area contributed by atoms with E-state index in [-0.39, 0.29) is 0 Å². The zero-order valence-corrected chi connectivity index (χ0v) is 15.0. The lowest BCUT2D eigenvalue weighted by atomic mass is 9.96. The van der Waals surface area contributed by atoms with Gasteiger partial charge in [0.15, 0.2) is 0 Å². The Kier molecular flexibility index (Phi) is 9.54. The lowest BCUT2D eigenvalue weighted by molar-refractivity contribution is 0.0599. The van der Waals surface area contributed by atoms with Crippen LogP contribution in [0.2, 0.25) is 0 Å². The van der Waals surface area contributed by atoms with Gasteiger partial charge in [0.2, 0.25) is 0 Å². The fraction of sp³-hybridized carbons (Fsp3) is 1.00. The second-order valence-corrected chi connectivity index (χ2v) is 6.63. The minimum absolute atomic E-state index is 0.623. The van der Waals surface area contributed by atoms with Gasteiger partial charge >= 0.3 is 0 Å². The topological polar surface area (TPSA) is 24.5 Å². The lowest BCUT2D eigenvalue weighted by Crippen LogP contribution is -2.54. The van der Waals surface area contributed by atoms with Gasteiger partial charge in [-0.3, -0.25) is 4.90 Å². The van der Waals surface area contributed by atoms with Crippen LogP contribution in [0.1, 0.15) is 66.2 Å². The Morgan fingerprint density at radius 1 is 1.19 bits per heavy atom. The van der Waals surface area contributed by atoms with Gasteiger partial charge in [-0.25, -0.2) is 0 Å². The molecule has 1 fully saturated rings. The van der Waals surface area contributed by atoms with Crippen LogP contribution in [0, 0.1) is 5.92 Å². The molecule has 3 heteroatoms. The molecular formula is C18H38N2O. The van der Waals surface area contributed by atoms with E-state index in [0.717, 1.165) is 25.6 Å². The van der Waals surface area contributed by atoms with E-state index >= 15 is 0 Å². The number of nitrogens with zero attached hydrogens (tertiary/aromatic N) is 1. The van der Waals surface area contributed by atoms with Crippen LogP contribution >= 0.6 is 0 Å². The number of rotatable bonds is 13. The predicted octanol–water partition coefficient (Wildman–Crippen LogP) is 3.68. The van der Waals surface area contributed by atoms with E-state index in [1.54, 1.807) is 0 Å². The summed E-state index contributed by atoms with van der Waals surface area (Å²) in [5.74, 6) is 0.921. The van der Waals surface area contributed by atoms with Crippen molar-refractivity contribution >= 4 is 0 Å². The molecule has 0 heterocycles. The molecule has 0 amide bonds. The zero-order valence-electron chi connectivity index (χ0n) is 15.0. The molecule has 1 N–H and O–H groups in total. The molecule has 1 aliphatic rings. The first-order valence-electron chi connectivity index (χ1n) is 9.17. The maximum atomic E-state index is 5.38. The second kappa shape index (κ2) is 10.6. The third-order valence-electron chi connectivity index (χ3n) is 4.95. The molecule has 1 aliphatic carbocycles. The molecule has 126 valence electrons. The molecule has 0 aliphatic heterocycles. The van der Waals surface area contributed by atoms with E-state index in [2.05, 4.69) is 37.9 Å². The average Bonchev–Trinajstić information content (AvgIpc) is 3.32. The molecule has 0 aromatic rings. The Labute approximate surface area is 132 Å². The average molecular weight is 299 g/mol. The van der Waals surface area contributed by atoms with Crippen LogP contribution in [0.15, 0.2) is 0 Å². The van der Waals surface area contributed by atoms with Gasteiger partial charge in [-0.05, 0) is 51.5 Å². The number of hydrogen-bond acceptors (Lipinski definition) is 3.